The Bertz CT molecular complexity index is 1130. The first-order valence-electron chi connectivity index (χ1n) is 11.6. The van der Waals surface area contributed by atoms with Gasteiger partial charge in [0, 0.05) is 18.6 Å². The van der Waals surface area contributed by atoms with Gasteiger partial charge < -0.3 is 15.0 Å². The van der Waals surface area contributed by atoms with Crippen LogP contribution in [0, 0.1) is 24.2 Å². The molecule has 3 unspecified atom stereocenters. The Kier molecular flexibility index (Phi) is 8.13. The van der Waals surface area contributed by atoms with Crippen LogP contribution in [0.25, 0.3) is 0 Å². The van der Waals surface area contributed by atoms with Crippen LogP contribution in [0.2, 0.25) is 5.02 Å². The van der Waals surface area contributed by atoms with Crippen LogP contribution in [0.15, 0.2) is 48.5 Å². The Morgan fingerprint density at radius 3 is 2.37 bits per heavy atom. The Labute approximate surface area is 210 Å². The fourth-order valence-electron chi connectivity index (χ4n) is 4.13. The van der Waals surface area contributed by atoms with E-state index in [1.54, 1.807) is 45.9 Å². The summed E-state index contributed by atoms with van der Waals surface area (Å²) in [6, 6.07) is 14.3. The smallest absolute Gasteiger partial charge is 0.237 e. The van der Waals surface area contributed by atoms with Crippen LogP contribution in [0.3, 0.4) is 0 Å². The number of anilines is 1. The predicted octanol–water partition coefficient (Wildman–Crippen LogP) is 4.41. The average Bonchev–Trinajstić information content (AvgIpc) is 3.01. The van der Waals surface area contributed by atoms with Crippen LogP contribution in [0.5, 0.6) is 0 Å². The number of nitrogens with zero attached hydrogens (tertiary/aromatic N) is 1. The summed E-state index contributed by atoms with van der Waals surface area (Å²) in [5, 5.41) is 2.96. The largest absolute Gasteiger partial charge is 0.351 e. The highest BCUT2D eigenvalue weighted by Crippen LogP contribution is 2.35. The maximum Gasteiger partial charge on any atom is 0.237 e. The van der Waals surface area contributed by atoms with Gasteiger partial charge in [-0.1, -0.05) is 68.8 Å². The summed E-state index contributed by atoms with van der Waals surface area (Å²) >= 11 is 6.25. The predicted molar refractivity (Wildman–Crippen MR) is 134 cm³/mol. The van der Waals surface area contributed by atoms with Crippen LogP contribution < -0.4 is 5.32 Å². The molecule has 0 aliphatic carbocycles. The van der Waals surface area contributed by atoms with E-state index >= 15 is 0 Å². The number of carbonyl (C=O) groups excluding carboxylic acids is 4. The third-order valence-electron chi connectivity index (χ3n) is 5.92. The van der Waals surface area contributed by atoms with E-state index in [2.05, 4.69) is 5.32 Å². The van der Waals surface area contributed by atoms with E-state index in [9.17, 15) is 19.2 Å². The number of likely N-dealkylation sites (tertiary alicyclic amines) is 1. The van der Waals surface area contributed by atoms with Gasteiger partial charge in [-0.25, -0.2) is 0 Å². The van der Waals surface area contributed by atoms with E-state index < -0.39 is 46.9 Å². The molecular formula is C27H31ClN2O5. The minimum absolute atomic E-state index is 0.119. The summed E-state index contributed by atoms with van der Waals surface area (Å²) < 4.78 is 5.64. The quantitative estimate of drug-likeness (QED) is 0.544. The number of carbonyl (C=O) groups is 4. The summed E-state index contributed by atoms with van der Waals surface area (Å²) in [4.78, 5) is 55.5. The molecule has 2 aromatic carbocycles. The summed E-state index contributed by atoms with van der Waals surface area (Å²) in [6.07, 6.45) is -1.18. The minimum Gasteiger partial charge on any atom is -0.351 e. The lowest BCUT2D eigenvalue weighted by molar-refractivity contribution is -0.147. The molecule has 2 aromatic rings. The second-order valence-electron chi connectivity index (χ2n) is 9.70. The molecule has 2 amide bonds. The molecule has 1 aliphatic rings. The van der Waals surface area contributed by atoms with Gasteiger partial charge in [-0.3, -0.25) is 19.2 Å². The lowest BCUT2D eigenvalue weighted by Crippen LogP contribution is -2.45. The van der Waals surface area contributed by atoms with E-state index in [4.69, 9.17) is 16.3 Å². The van der Waals surface area contributed by atoms with Crippen molar-refractivity contribution in [2.24, 2.45) is 17.3 Å². The van der Waals surface area contributed by atoms with Crippen molar-refractivity contribution in [3.8, 4) is 0 Å². The van der Waals surface area contributed by atoms with Gasteiger partial charge in [-0.05, 0) is 37.1 Å². The van der Waals surface area contributed by atoms with Gasteiger partial charge in [0.05, 0.1) is 10.7 Å². The number of amides is 2. The molecule has 0 bridgehead atoms. The topological polar surface area (TPSA) is 92.8 Å². The zero-order valence-electron chi connectivity index (χ0n) is 20.6. The van der Waals surface area contributed by atoms with E-state index in [-0.39, 0.29) is 18.2 Å². The maximum atomic E-state index is 13.6. The molecule has 1 heterocycles. The number of ether oxygens (including phenoxy) is 1. The Morgan fingerprint density at radius 1 is 1.11 bits per heavy atom. The molecule has 0 aromatic heterocycles. The number of ketones is 2. The van der Waals surface area contributed by atoms with Crippen molar-refractivity contribution in [1.29, 1.82) is 0 Å². The van der Waals surface area contributed by atoms with Crippen molar-refractivity contribution in [3.05, 3.63) is 64.7 Å². The van der Waals surface area contributed by atoms with Crippen molar-refractivity contribution in [1.82, 2.24) is 4.90 Å². The van der Waals surface area contributed by atoms with Crippen molar-refractivity contribution < 1.29 is 23.9 Å². The molecule has 0 radical (unpaired) electrons. The number of aryl methyl sites for hydroxylation is 1. The lowest BCUT2D eigenvalue weighted by Gasteiger charge is -2.27. The molecular weight excluding hydrogens is 468 g/mol. The van der Waals surface area contributed by atoms with Crippen molar-refractivity contribution in [2.75, 3.05) is 11.9 Å². The number of hydrogen-bond acceptors (Lipinski definition) is 5. The van der Waals surface area contributed by atoms with Gasteiger partial charge in [0.2, 0.25) is 11.8 Å². The first-order chi connectivity index (χ1) is 16.5. The SMILES string of the molecule is CCOC1C(=O)C(C(C(=O)Nc2cc(C)ccc2Cl)C(=O)C(C)(C)C)C(=O)N1Cc1ccccc1. The van der Waals surface area contributed by atoms with E-state index in [0.29, 0.717) is 5.69 Å². The number of halogens is 1. The second kappa shape index (κ2) is 10.7. The maximum absolute atomic E-state index is 13.6. The normalized spacial score (nSPS) is 19.1. The van der Waals surface area contributed by atoms with Gasteiger partial charge in [-0.2, -0.15) is 0 Å². The molecule has 1 N–H and O–H groups in total. The molecule has 8 heteroatoms. The Hall–Kier alpha value is -3.03. The highest BCUT2D eigenvalue weighted by atomic mass is 35.5. The molecule has 186 valence electrons. The number of rotatable bonds is 8. The summed E-state index contributed by atoms with van der Waals surface area (Å²) in [7, 11) is 0. The number of Topliss-reactive ketones (excluding diaryl/α,β-unsaturated/α-hetero) is 2. The number of hydrogen-bond donors (Lipinski definition) is 1. The molecule has 3 atom stereocenters. The molecule has 1 saturated heterocycles. The molecule has 0 saturated carbocycles. The molecule has 7 nitrogen and oxygen atoms in total. The third-order valence-corrected chi connectivity index (χ3v) is 6.25. The van der Waals surface area contributed by atoms with Gasteiger partial charge in [0.15, 0.2) is 17.8 Å². The first-order valence-corrected chi connectivity index (χ1v) is 11.9. The second-order valence-corrected chi connectivity index (χ2v) is 10.1. The standard InChI is InChI=1S/C27H31ClN2O5/c1-6-35-26-22(31)20(25(34)30(26)15-17-10-8-7-9-11-17)21(23(32)27(3,4)5)24(33)29-19-14-16(2)12-13-18(19)28/h7-14,20-21,26H,6,15H2,1-5H3,(H,29,33). The Balaban J connectivity index is 2.01. The summed E-state index contributed by atoms with van der Waals surface area (Å²) in [5.74, 6) is -5.49. The number of benzene rings is 2. The van der Waals surface area contributed by atoms with E-state index in [0.717, 1.165) is 11.1 Å². The Morgan fingerprint density at radius 2 is 1.77 bits per heavy atom. The highest BCUT2D eigenvalue weighted by molar-refractivity contribution is 6.34. The van der Waals surface area contributed by atoms with E-state index in [1.807, 2.05) is 37.3 Å². The van der Waals surface area contributed by atoms with Crippen LogP contribution >= 0.6 is 11.6 Å². The first kappa shape index (κ1) is 26.6. The van der Waals surface area contributed by atoms with Crippen LogP contribution in [-0.4, -0.2) is 41.1 Å². The van der Waals surface area contributed by atoms with E-state index in [1.165, 1.54) is 4.90 Å². The number of nitrogens with one attached hydrogen (secondary N) is 1. The van der Waals surface area contributed by atoms with Crippen LogP contribution in [-0.2, 0) is 30.5 Å². The zero-order valence-corrected chi connectivity index (χ0v) is 21.4. The van der Waals surface area contributed by atoms with Gasteiger partial charge >= 0.3 is 0 Å². The summed E-state index contributed by atoms with van der Waals surface area (Å²) in [6.45, 7) is 8.82. The van der Waals surface area contributed by atoms with Gasteiger partial charge in [0.25, 0.3) is 0 Å². The van der Waals surface area contributed by atoms with Crippen LogP contribution in [0.1, 0.15) is 38.8 Å². The average molecular weight is 499 g/mol. The van der Waals surface area contributed by atoms with Crippen molar-refractivity contribution >= 4 is 40.7 Å². The summed E-state index contributed by atoms with van der Waals surface area (Å²) in [5.41, 5.74) is 0.978. The fourth-order valence-corrected chi connectivity index (χ4v) is 4.30. The fraction of sp³-hybridized carbons (Fsp3) is 0.407. The van der Waals surface area contributed by atoms with Crippen molar-refractivity contribution in [3.63, 3.8) is 0 Å². The van der Waals surface area contributed by atoms with Crippen molar-refractivity contribution in [2.45, 2.75) is 47.4 Å². The molecule has 0 spiro atoms. The minimum atomic E-state index is -1.53. The molecule has 35 heavy (non-hydrogen) atoms. The van der Waals surface area contributed by atoms with Gasteiger partial charge in [0.1, 0.15) is 11.8 Å². The molecule has 1 aliphatic heterocycles. The zero-order chi connectivity index (χ0) is 25.9. The lowest BCUT2D eigenvalue weighted by atomic mass is 9.75. The molecule has 3 rings (SSSR count). The highest BCUT2D eigenvalue weighted by Gasteiger charge is 2.56. The van der Waals surface area contributed by atoms with Gasteiger partial charge in [-0.15, -0.1) is 0 Å². The van der Waals surface area contributed by atoms with Crippen LogP contribution in [0.4, 0.5) is 5.69 Å². The third kappa shape index (κ3) is 5.80. The monoisotopic (exact) mass is 498 g/mol. The molecule has 1 fully saturated rings.